The molecule has 0 atom stereocenters. The van der Waals surface area contributed by atoms with Crippen molar-refractivity contribution in [2.24, 2.45) is 5.92 Å². The van der Waals surface area contributed by atoms with Crippen LogP contribution in [0.2, 0.25) is 0 Å². The molecular formula is C21H26N2O2. The lowest BCUT2D eigenvalue weighted by Crippen LogP contribution is -2.32. The number of nitrogens with one attached hydrogen (secondary N) is 1. The predicted octanol–water partition coefficient (Wildman–Crippen LogP) is 4.57. The molecule has 0 aromatic heterocycles. The Morgan fingerprint density at radius 3 is 2.32 bits per heavy atom. The monoisotopic (exact) mass is 338 g/mol. The highest BCUT2D eigenvalue weighted by Crippen LogP contribution is 2.24. The van der Waals surface area contributed by atoms with Gasteiger partial charge in [-0.25, -0.2) is 0 Å². The second-order valence-electron chi connectivity index (χ2n) is 6.63. The molecule has 0 spiro atoms. The second kappa shape index (κ2) is 8.06. The van der Waals surface area contributed by atoms with Crippen LogP contribution in [0.3, 0.4) is 0 Å². The van der Waals surface area contributed by atoms with E-state index in [1.54, 1.807) is 12.1 Å². The summed E-state index contributed by atoms with van der Waals surface area (Å²) in [6.45, 7) is 7.09. The fourth-order valence-electron chi connectivity index (χ4n) is 3.09. The third-order valence-corrected chi connectivity index (χ3v) is 4.70. The van der Waals surface area contributed by atoms with Gasteiger partial charge in [-0.15, -0.1) is 0 Å². The zero-order valence-electron chi connectivity index (χ0n) is 15.0. The van der Waals surface area contributed by atoms with Crippen LogP contribution >= 0.6 is 0 Å². The first kappa shape index (κ1) is 17.3. The van der Waals surface area contributed by atoms with Crippen LogP contribution in [0.5, 0.6) is 5.75 Å². The van der Waals surface area contributed by atoms with E-state index in [9.17, 15) is 4.79 Å². The van der Waals surface area contributed by atoms with Gasteiger partial charge < -0.3 is 15.0 Å². The van der Waals surface area contributed by atoms with E-state index in [-0.39, 0.29) is 5.91 Å². The number of nitrogens with zero attached hydrogens (tertiary/aromatic N) is 1. The Labute approximate surface area is 149 Å². The maximum Gasteiger partial charge on any atom is 0.255 e. The minimum Gasteiger partial charge on any atom is -0.494 e. The van der Waals surface area contributed by atoms with E-state index in [2.05, 4.69) is 29.3 Å². The Bertz CT molecular complexity index is 687. The van der Waals surface area contributed by atoms with E-state index in [0.29, 0.717) is 12.2 Å². The number of hydrogen-bond acceptors (Lipinski definition) is 3. The predicted molar refractivity (Wildman–Crippen MR) is 103 cm³/mol. The fourth-order valence-corrected chi connectivity index (χ4v) is 3.09. The van der Waals surface area contributed by atoms with Gasteiger partial charge in [-0.05, 0) is 74.2 Å². The third-order valence-electron chi connectivity index (χ3n) is 4.70. The zero-order valence-corrected chi connectivity index (χ0v) is 15.0. The number of ether oxygens (including phenoxy) is 1. The number of piperidine rings is 1. The van der Waals surface area contributed by atoms with E-state index in [4.69, 9.17) is 4.74 Å². The number of carbonyl (C=O) groups excluding carboxylic acids is 1. The van der Waals surface area contributed by atoms with Crippen LogP contribution in [-0.4, -0.2) is 25.6 Å². The van der Waals surface area contributed by atoms with Crippen molar-refractivity contribution in [3.63, 3.8) is 0 Å². The smallest absolute Gasteiger partial charge is 0.255 e. The molecule has 0 unspecified atom stereocenters. The largest absolute Gasteiger partial charge is 0.494 e. The summed E-state index contributed by atoms with van der Waals surface area (Å²) in [5.74, 6) is 1.49. The van der Waals surface area contributed by atoms with Crippen LogP contribution in [0.15, 0.2) is 48.5 Å². The zero-order chi connectivity index (χ0) is 17.6. The minimum atomic E-state index is -0.109. The van der Waals surface area contributed by atoms with Crippen molar-refractivity contribution >= 4 is 17.3 Å². The van der Waals surface area contributed by atoms with Gasteiger partial charge in [0.25, 0.3) is 5.91 Å². The number of rotatable bonds is 5. The van der Waals surface area contributed by atoms with Crippen molar-refractivity contribution in [1.29, 1.82) is 0 Å². The second-order valence-corrected chi connectivity index (χ2v) is 6.63. The summed E-state index contributed by atoms with van der Waals surface area (Å²) in [4.78, 5) is 14.8. The van der Waals surface area contributed by atoms with Crippen LogP contribution in [0.1, 0.15) is 37.0 Å². The number of anilines is 2. The van der Waals surface area contributed by atoms with Crippen LogP contribution in [0.25, 0.3) is 0 Å². The first-order valence-corrected chi connectivity index (χ1v) is 9.05. The lowest BCUT2D eigenvalue weighted by Gasteiger charge is -2.32. The van der Waals surface area contributed by atoms with Gasteiger partial charge in [0, 0.05) is 30.0 Å². The average Bonchev–Trinajstić information content (AvgIpc) is 2.64. The fraction of sp³-hybridized carbons (Fsp3) is 0.381. The minimum absolute atomic E-state index is 0.109. The molecule has 1 aliphatic rings. The molecule has 0 saturated carbocycles. The molecule has 4 nitrogen and oxygen atoms in total. The molecule has 3 rings (SSSR count). The van der Waals surface area contributed by atoms with Gasteiger partial charge in [-0.3, -0.25) is 4.79 Å². The number of amides is 1. The molecular weight excluding hydrogens is 312 g/mol. The van der Waals surface area contributed by atoms with Gasteiger partial charge in [0.1, 0.15) is 5.75 Å². The Hall–Kier alpha value is -2.49. The SMILES string of the molecule is CCOc1ccc(C(=O)Nc2ccc(N3CCC(C)CC3)cc2)cc1. The molecule has 132 valence electrons. The number of benzene rings is 2. The van der Waals surface area contributed by atoms with Gasteiger partial charge >= 0.3 is 0 Å². The van der Waals surface area contributed by atoms with Gasteiger partial charge in [0.15, 0.2) is 0 Å². The van der Waals surface area contributed by atoms with Crippen molar-refractivity contribution < 1.29 is 9.53 Å². The quantitative estimate of drug-likeness (QED) is 0.868. The molecule has 0 aliphatic carbocycles. The molecule has 2 aromatic rings. The molecule has 1 amide bonds. The van der Waals surface area contributed by atoms with Crippen molar-refractivity contribution in [1.82, 2.24) is 0 Å². The van der Waals surface area contributed by atoms with Gasteiger partial charge in [0.2, 0.25) is 0 Å². The summed E-state index contributed by atoms with van der Waals surface area (Å²) in [6.07, 6.45) is 2.49. The lowest BCUT2D eigenvalue weighted by atomic mass is 9.99. The molecule has 4 heteroatoms. The van der Waals surface area contributed by atoms with E-state index >= 15 is 0 Å². The topological polar surface area (TPSA) is 41.6 Å². The average molecular weight is 338 g/mol. The van der Waals surface area contributed by atoms with E-state index < -0.39 is 0 Å². The standard InChI is InChI=1S/C21H26N2O2/c1-3-25-20-10-4-17(5-11-20)21(24)22-18-6-8-19(9-7-18)23-14-12-16(2)13-15-23/h4-11,16H,3,12-15H2,1-2H3,(H,22,24). The maximum atomic E-state index is 12.3. The Kier molecular flexibility index (Phi) is 5.59. The molecule has 0 bridgehead atoms. The van der Waals surface area contributed by atoms with Crippen LogP contribution in [-0.2, 0) is 0 Å². The number of carbonyl (C=O) groups is 1. The maximum absolute atomic E-state index is 12.3. The van der Waals surface area contributed by atoms with Gasteiger partial charge in [0.05, 0.1) is 6.61 Å². The molecule has 1 saturated heterocycles. The molecule has 1 fully saturated rings. The normalized spacial score (nSPS) is 15.0. The summed E-state index contributed by atoms with van der Waals surface area (Å²) in [5, 5.41) is 2.95. The van der Waals surface area contributed by atoms with Crippen LogP contribution < -0.4 is 15.0 Å². The highest BCUT2D eigenvalue weighted by molar-refractivity contribution is 6.04. The lowest BCUT2D eigenvalue weighted by molar-refractivity contribution is 0.102. The van der Waals surface area contributed by atoms with Crippen molar-refractivity contribution in [2.75, 3.05) is 29.9 Å². The van der Waals surface area contributed by atoms with E-state index in [0.717, 1.165) is 30.4 Å². The summed E-state index contributed by atoms with van der Waals surface area (Å²) in [5.41, 5.74) is 2.66. The number of hydrogen-bond donors (Lipinski definition) is 1. The van der Waals surface area contributed by atoms with E-state index in [1.807, 2.05) is 31.2 Å². The Balaban J connectivity index is 1.60. The first-order valence-electron chi connectivity index (χ1n) is 9.05. The summed E-state index contributed by atoms with van der Waals surface area (Å²) in [7, 11) is 0. The van der Waals surface area contributed by atoms with Crippen molar-refractivity contribution in [2.45, 2.75) is 26.7 Å². The summed E-state index contributed by atoms with van der Waals surface area (Å²) in [6, 6.07) is 15.3. The Morgan fingerprint density at radius 2 is 1.72 bits per heavy atom. The molecule has 0 radical (unpaired) electrons. The van der Waals surface area contributed by atoms with E-state index in [1.165, 1.54) is 18.5 Å². The summed E-state index contributed by atoms with van der Waals surface area (Å²) < 4.78 is 5.40. The molecule has 2 aromatic carbocycles. The van der Waals surface area contributed by atoms with Gasteiger partial charge in [-0.2, -0.15) is 0 Å². The van der Waals surface area contributed by atoms with Gasteiger partial charge in [-0.1, -0.05) is 6.92 Å². The molecule has 1 aliphatic heterocycles. The molecule has 25 heavy (non-hydrogen) atoms. The summed E-state index contributed by atoms with van der Waals surface area (Å²) >= 11 is 0. The highest BCUT2D eigenvalue weighted by atomic mass is 16.5. The Morgan fingerprint density at radius 1 is 1.08 bits per heavy atom. The van der Waals surface area contributed by atoms with Crippen LogP contribution in [0.4, 0.5) is 11.4 Å². The first-order chi connectivity index (χ1) is 12.2. The van der Waals surface area contributed by atoms with Crippen LogP contribution in [0, 0.1) is 5.92 Å². The molecule has 1 N–H and O–H groups in total. The highest BCUT2D eigenvalue weighted by Gasteiger charge is 2.16. The third kappa shape index (κ3) is 4.53. The van der Waals surface area contributed by atoms with Crippen molar-refractivity contribution in [3.8, 4) is 5.75 Å². The molecule has 1 heterocycles. The van der Waals surface area contributed by atoms with Crippen molar-refractivity contribution in [3.05, 3.63) is 54.1 Å².